The van der Waals surface area contributed by atoms with Gasteiger partial charge >= 0.3 is 5.97 Å². The van der Waals surface area contributed by atoms with Crippen LogP contribution >= 0.6 is 23.4 Å². The fraction of sp³-hybridized carbons (Fsp3) is 0.389. The van der Waals surface area contributed by atoms with Crippen LogP contribution in [0.2, 0.25) is 5.02 Å². The molecule has 1 fully saturated rings. The Morgan fingerprint density at radius 3 is 2.81 bits per heavy atom. The molecule has 1 aromatic carbocycles. The molecule has 140 valence electrons. The van der Waals surface area contributed by atoms with Crippen molar-refractivity contribution >= 4 is 46.5 Å². The maximum Gasteiger partial charge on any atom is 0.307 e. The smallest absolute Gasteiger partial charge is 0.307 e. The lowest BCUT2D eigenvalue weighted by Crippen LogP contribution is -2.32. The molecule has 1 saturated heterocycles. The average Bonchev–Trinajstić information content (AvgIpc) is 2.84. The van der Waals surface area contributed by atoms with Crippen LogP contribution < -0.4 is 0 Å². The first-order valence-corrected chi connectivity index (χ1v) is 9.44. The SMILES string of the molecule is CCOC(=O)CCN1C(=O)/C(=C/c2ccc(O)c(Cl)c2)SC1=NC(C)C. The Labute approximate surface area is 161 Å². The van der Waals surface area contributed by atoms with Crippen LogP contribution in [-0.4, -0.2) is 46.2 Å². The highest BCUT2D eigenvalue weighted by Gasteiger charge is 2.33. The molecule has 1 amide bonds. The van der Waals surface area contributed by atoms with Crippen LogP contribution in [-0.2, 0) is 14.3 Å². The normalized spacial score (nSPS) is 17.6. The number of halogens is 1. The molecule has 0 unspecified atom stereocenters. The molecule has 1 heterocycles. The Kier molecular flexibility index (Phi) is 7.11. The molecule has 0 aliphatic carbocycles. The Balaban J connectivity index is 2.24. The number of benzene rings is 1. The monoisotopic (exact) mass is 396 g/mol. The summed E-state index contributed by atoms with van der Waals surface area (Å²) in [5, 5.41) is 10.3. The van der Waals surface area contributed by atoms with Crippen LogP contribution in [0.4, 0.5) is 0 Å². The predicted molar refractivity (Wildman–Crippen MR) is 104 cm³/mol. The van der Waals surface area contributed by atoms with E-state index in [-0.39, 0.29) is 41.7 Å². The summed E-state index contributed by atoms with van der Waals surface area (Å²) in [4.78, 5) is 30.8. The lowest BCUT2D eigenvalue weighted by Gasteiger charge is -2.15. The Bertz CT molecular complexity index is 762. The Hall–Kier alpha value is -1.99. The number of thioether (sulfide) groups is 1. The maximum atomic E-state index is 12.7. The van der Waals surface area contributed by atoms with Crippen molar-refractivity contribution in [2.45, 2.75) is 33.2 Å². The molecular formula is C18H21ClN2O4S. The lowest BCUT2D eigenvalue weighted by molar-refractivity contribution is -0.143. The van der Waals surface area contributed by atoms with Crippen LogP contribution in [0.15, 0.2) is 28.1 Å². The second-order valence-corrected chi connectivity index (χ2v) is 7.26. The van der Waals surface area contributed by atoms with Crippen LogP contribution in [0.5, 0.6) is 5.75 Å². The van der Waals surface area contributed by atoms with Gasteiger partial charge in [-0.2, -0.15) is 0 Å². The van der Waals surface area contributed by atoms with Gasteiger partial charge in [0.25, 0.3) is 5.91 Å². The van der Waals surface area contributed by atoms with Crippen LogP contribution in [0.1, 0.15) is 32.8 Å². The number of ether oxygens (including phenoxy) is 1. The number of esters is 1. The number of nitrogens with zero attached hydrogens (tertiary/aromatic N) is 2. The second kappa shape index (κ2) is 9.09. The van der Waals surface area contributed by atoms with E-state index >= 15 is 0 Å². The van der Waals surface area contributed by atoms with Crippen molar-refractivity contribution in [1.82, 2.24) is 4.90 Å². The summed E-state index contributed by atoms with van der Waals surface area (Å²) in [5.41, 5.74) is 0.694. The number of phenolic OH excluding ortho intramolecular Hbond substituents is 1. The minimum absolute atomic E-state index is 0.0119. The van der Waals surface area contributed by atoms with E-state index in [1.807, 2.05) is 13.8 Å². The van der Waals surface area contributed by atoms with Gasteiger partial charge in [0.2, 0.25) is 0 Å². The van der Waals surface area contributed by atoms with Gasteiger partial charge in [-0.1, -0.05) is 17.7 Å². The third-order valence-electron chi connectivity index (χ3n) is 3.37. The van der Waals surface area contributed by atoms with Crippen molar-refractivity contribution in [3.8, 4) is 5.75 Å². The van der Waals surface area contributed by atoms with Crippen molar-refractivity contribution in [1.29, 1.82) is 0 Å². The van der Waals surface area contributed by atoms with E-state index in [4.69, 9.17) is 16.3 Å². The van der Waals surface area contributed by atoms with E-state index in [9.17, 15) is 14.7 Å². The number of rotatable bonds is 6. The quantitative estimate of drug-likeness (QED) is 0.586. The fourth-order valence-electron chi connectivity index (χ4n) is 2.22. The molecule has 1 aliphatic heterocycles. The topological polar surface area (TPSA) is 79.2 Å². The molecule has 1 aliphatic rings. The summed E-state index contributed by atoms with van der Waals surface area (Å²) < 4.78 is 4.92. The van der Waals surface area contributed by atoms with Crippen molar-refractivity contribution in [2.24, 2.45) is 4.99 Å². The minimum atomic E-state index is -0.350. The van der Waals surface area contributed by atoms with Crippen LogP contribution in [0.25, 0.3) is 6.08 Å². The number of amides is 1. The maximum absolute atomic E-state index is 12.7. The highest BCUT2D eigenvalue weighted by atomic mass is 35.5. The third-order valence-corrected chi connectivity index (χ3v) is 4.69. The number of hydrogen-bond donors (Lipinski definition) is 1. The highest BCUT2D eigenvalue weighted by Crippen LogP contribution is 2.34. The fourth-order valence-corrected chi connectivity index (χ4v) is 3.55. The summed E-state index contributed by atoms with van der Waals surface area (Å²) in [6.45, 7) is 6.10. The van der Waals surface area contributed by atoms with Gasteiger partial charge in [-0.05, 0) is 56.3 Å². The molecule has 0 saturated carbocycles. The minimum Gasteiger partial charge on any atom is -0.506 e. The summed E-state index contributed by atoms with van der Waals surface area (Å²) in [5.74, 6) is -0.586. The molecule has 1 N–H and O–H groups in total. The van der Waals surface area contributed by atoms with Crippen molar-refractivity contribution < 1.29 is 19.4 Å². The summed E-state index contributed by atoms with van der Waals surface area (Å²) in [6, 6.07) is 4.74. The van der Waals surface area contributed by atoms with E-state index in [0.717, 1.165) is 0 Å². The first-order chi connectivity index (χ1) is 12.3. The van der Waals surface area contributed by atoms with Gasteiger partial charge in [-0.25, -0.2) is 0 Å². The van der Waals surface area contributed by atoms with Crippen LogP contribution in [0, 0.1) is 0 Å². The van der Waals surface area contributed by atoms with E-state index in [2.05, 4.69) is 4.99 Å². The molecule has 2 rings (SSSR count). The van der Waals surface area contributed by atoms with Gasteiger partial charge in [-0.3, -0.25) is 19.5 Å². The summed E-state index contributed by atoms with van der Waals surface area (Å²) in [7, 11) is 0. The molecule has 8 heteroatoms. The van der Waals surface area contributed by atoms with Gasteiger partial charge in [0, 0.05) is 12.6 Å². The number of amidine groups is 1. The number of hydrogen-bond acceptors (Lipinski definition) is 6. The standard InChI is InChI=1S/C18H21ClN2O4S/c1-4-25-16(23)7-8-21-17(24)15(26-18(21)20-11(2)3)10-12-5-6-14(22)13(19)9-12/h5-6,9-11,22H,4,7-8H2,1-3H3/b15-10-,20-18?. The number of carbonyl (C=O) groups excluding carboxylic acids is 2. The first kappa shape index (κ1) is 20.3. The second-order valence-electron chi connectivity index (χ2n) is 5.84. The average molecular weight is 397 g/mol. The van der Waals surface area contributed by atoms with Gasteiger partial charge < -0.3 is 9.84 Å². The molecule has 1 aromatic rings. The molecule has 6 nitrogen and oxygen atoms in total. The zero-order valence-electron chi connectivity index (χ0n) is 14.9. The molecule has 0 spiro atoms. The largest absolute Gasteiger partial charge is 0.506 e. The third kappa shape index (κ3) is 5.25. The van der Waals surface area contributed by atoms with Crippen molar-refractivity contribution in [2.75, 3.05) is 13.2 Å². The van der Waals surface area contributed by atoms with Crippen molar-refractivity contribution in [3.63, 3.8) is 0 Å². The number of carbonyl (C=O) groups is 2. The molecule has 26 heavy (non-hydrogen) atoms. The van der Waals surface area contributed by atoms with E-state index < -0.39 is 0 Å². The zero-order valence-corrected chi connectivity index (χ0v) is 16.4. The summed E-state index contributed by atoms with van der Waals surface area (Å²) in [6.07, 6.45) is 1.80. The van der Waals surface area contributed by atoms with Gasteiger partial charge in [0.1, 0.15) is 5.75 Å². The van der Waals surface area contributed by atoms with Gasteiger partial charge in [-0.15, -0.1) is 0 Å². The zero-order chi connectivity index (χ0) is 19.3. The van der Waals surface area contributed by atoms with Gasteiger partial charge in [0.15, 0.2) is 5.17 Å². The van der Waals surface area contributed by atoms with Crippen LogP contribution in [0.3, 0.4) is 0 Å². The summed E-state index contributed by atoms with van der Waals surface area (Å²) >= 11 is 7.17. The first-order valence-electron chi connectivity index (χ1n) is 8.25. The van der Waals surface area contributed by atoms with Crippen molar-refractivity contribution in [3.05, 3.63) is 33.7 Å². The Morgan fingerprint density at radius 2 is 2.19 bits per heavy atom. The highest BCUT2D eigenvalue weighted by molar-refractivity contribution is 8.18. The number of aromatic hydroxyl groups is 1. The van der Waals surface area contributed by atoms with E-state index in [1.165, 1.54) is 22.7 Å². The molecule has 0 atom stereocenters. The predicted octanol–water partition coefficient (Wildman–Crippen LogP) is 3.68. The lowest BCUT2D eigenvalue weighted by atomic mass is 10.2. The van der Waals surface area contributed by atoms with Gasteiger partial charge in [0.05, 0.1) is 23.0 Å². The number of aliphatic imine (C=N–C) groups is 1. The molecule has 0 bridgehead atoms. The van der Waals surface area contributed by atoms with E-state index in [0.29, 0.717) is 22.2 Å². The molecule has 0 radical (unpaired) electrons. The molecular weight excluding hydrogens is 376 g/mol. The molecule has 0 aromatic heterocycles. The number of phenols is 1. The Morgan fingerprint density at radius 1 is 1.46 bits per heavy atom. The van der Waals surface area contributed by atoms with E-state index in [1.54, 1.807) is 25.1 Å².